The van der Waals surface area contributed by atoms with E-state index in [4.69, 9.17) is 4.42 Å². The van der Waals surface area contributed by atoms with E-state index >= 15 is 0 Å². The summed E-state index contributed by atoms with van der Waals surface area (Å²) >= 11 is 0. The van der Waals surface area contributed by atoms with Crippen molar-refractivity contribution in [3.8, 4) is 0 Å². The van der Waals surface area contributed by atoms with Gasteiger partial charge in [-0.25, -0.2) is 0 Å². The van der Waals surface area contributed by atoms with E-state index < -0.39 is 0 Å². The molecule has 0 aliphatic heterocycles. The number of furan rings is 1. The number of aliphatic hydroxyl groups is 1. The summed E-state index contributed by atoms with van der Waals surface area (Å²) in [5.74, 6) is 0.726. The first-order valence-electron chi connectivity index (χ1n) is 8.58. The highest BCUT2D eigenvalue weighted by molar-refractivity contribution is 5.79. The van der Waals surface area contributed by atoms with Gasteiger partial charge in [-0.1, -0.05) is 42.5 Å². The molecule has 1 heterocycles. The van der Waals surface area contributed by atoms with E-state index in [2.05, 4.69) is 5.32 Å². The summed E-state index contributed by atoms with van der Waals surface area (Å²) in [7, 11) is 0. The Morgan fingerprint density at radius 2 is 1.92 bits per heavy atom. The number of rotatable bonds is 7. The van der Waals surface area contributed by atoms with Crippen LogP contribution in [0.4, 0.5) is 0 Å². The van der Waals surface area contributed by atoms with E-state index in [-0.39, 0.29) is 18.6 Å². The molecule has 0 spiro atoms. The van der Waals surface area contributed by atoms with E-state index in [1.807, 2.05) is 61.5 Å². The molecule has 0 aliphatic rings. The molecule has 3 aromatic rings. The van der Waals surface area contributed by atoms with Gasteiger partial charge < -0.3 is 14.8 Å². The van der Waals surface area contributed by atoms with Gasteiger partial charge in [-0.2, -0.15) is 0 Å². The molecule has 2 aromatic carbocycles. The number of hydrogen-bond acceptors (Lipinski definition) is 3. The molecule has 0 fully saturated rings. The highest BCUT2D eigenvalue weighted by Crippen LogP contribution is 2.19. The number of benzene rings is 2. The number of aliphatic hydroxyl groups excluding tert-OH is 1. The van der Waals surface area contributed by atoms with Gasteiger partial charge in [0.05, 0.1) is 12.6 Å². The van der Waals surface area contributed by atoms with Crippen molar-refractivity contribution >= 4 is 16.9 Å². The normalized spacial score (nSPS) is 12.2. The van der Waals surface area contributed by atoms with Gasteiger partial charge >= 0.3 is 0 Å². The van der Waals surface area contributed by atoms with Crippen LogP contribution in [-0.2, 0) is 17.6 Å². The predicted octanol–water partition coefficient (Wildman–Crippen LogP) is 3.39. The van der Waals surface area contributed by atoms with Crippen LogP contribution in [0, 0.1) is 6.92 Å². The lowest BCUT2D eigenvalue weighted by Gasteiger charge is -2.17. The molecule has 1 aromatic heterocycles. The zero-order valence-corrected chi connectivity index (χ0v) is 14.4. The molecule has 25 heavy (non-hydrogen) atoms. The quantitative estimate of drug-likeness (QED) is 0.695. The number of amides is 1. The van der Waals surface area contributed by atoms with Crippen LogP contribution in [0.2, 0.25) is 0 Å². The van der Waals surface area contributed by atoms with Gasteiger partial charge in [0.25, 0.3) is 0 Å². The Kier molecular flexibility index (Phi) is 5.51. The molecule has 1 atom stereocenters. The van der Waals surface area contributed by atoms with E-state index in [1.54, 1.807) is 0 Å². The molecule has 2 N–H and O–H groups in total. The smallest absolute Gasteiger partial charge is 0.220 e. The van der Waals surface area contributed by atoms with Crippen molar-refractivity contribution in [3.05, 3.63) is 71.5 Å². The highest BCUT2D eigenvalue weighted by Gasteiger charge is 2.14. The maximum atomic E-state index is 12.2. The van der Waals surface area contributed by atoms with Gasteiger partial charge in [0, 0.05) is 18.2 Å². The van der Waals surface area contributed by atoms with Crippen LogP contribution in [0.25, 0.3) is 11.0 Å². The van der Waals surface area contributed by atoms with Crippen molar-refractivity contribution in [2.75, 3.05) is 6.61 Å². The molecule has 0 saturated carbocycles. The number of para-hydroxylation sites is 1. The average molecular weight is 337 g/mol. The Morgan fingerprint density at radius 3 is 2.68 bits per heavy atom. The Labute approximate surface area is 147 Å². The Hall–Kier alpha value is -2.59. The van der Waals surface area contributed by atoms with Crippen molar-refractivity contribution in [1.29, 1.82) is 0 Å². The van der Waals surface area contributed by atoms with Crippen LogP contribution >= 0.6 is 0 Å². The van der Waals surface area contributed by atoms with Crippen molar-refractivity contribution < 1.29 is 14.3 Å². The lowest BCUT2D eigenvalue weighted by Crippen LogP contribution is -2.39. The molecule has 4 nitrogen and oxygen atoms in total. The molecule has 0 radical (unpaired) electrons. The van der Waals surface area contributed by atoms with Gasteiger partial charge in [0.2, 0.25) is 5.91 Å². The largest absolute Gasteiger partial charge is 0.461 e. The van der Waals surface area contributed by atoms with Crippen LogP contribution in [0.5, 0.6) is 0 Å². The fraction of sp³-hybridized carbons (Fsp3) is 0.286. The summed E-state index contributed by atoms with van der Waals surface area (Å²) in [6.07, 6.45) is 1.51. The number of carbonyl (C=O) groups excluding carboxylic acids is 1. The Morgan fingerprint density at radius 1 is 1.16 bits per heavy atom. The Bertz CT molecular complexity index is 820. The predicted molar refractivity (Wildman–Crippen MR) is 98.4 cm³/mol. The second-order valence-electron chi connectivity index (χ2n) is 6.33. The maximum Gasteiger partial charge on any atom is 0.220 e. The van der Waals surface area contributed by atoms with E-state index in [1.165, 1.54) is 0 Å². The summed E-state index contributed by atoms with van der Waals surface area (Å²) < 4.78 is 5.73. The fourth-order valence-electron chi connectivity index (χ4n) is 2.96. The summed E-state index contributed by atoms with van der Waals surface area (Å²) in [4.78, 5) is 12.2. The zero-order valence-electron chi connectivity index (χ0n) is 14.4. The highest BCUT2D eigenvalue weighted by atomic mass is 16.3. The maximum absolute atomic E-state index is 12.2. The SMILES string of the molecule is Cc1ccccc1CC(CO)NC(=O)CCc1cc2ccccc2o1. The first-order valence-corrected chi connectivity index (χ1v) is 8.58. The van der Waals surface area contributed by atoms with Gasteiger partial charge in [-0.15, -0.1) is 0 Å². The summed E-state index contributed by atoms with van der Waals surface area (Å²) in [5, 5.41) is 13.5. The first-order chi connectivity index (χ1) is 12.2. The van der Waals surface area contributed by atoms with Gasteiger partial charge in [0.15, 0.2) is 0 Å². The van der Waals surface area contributed by atoms with Crippen molar-refractivity contribution in [2.45, 2.75) is 32.2 Å². The van der Waals surface area contributed by atoms with Crippen LogP contribution in [0.1, 0.15) is 23.3 Å². The van der Waals surface area contributed by atoms with Crippen molar-refractivity contribution in [3.63, 3.8) is 0 Å². The molecule has 3 rings (SSSR count). The number of carbonyl (C=O) groups is 1. The summed E-state index contributed by atoms with van der Waals surface area (Å²) in [6, 6.07) is 17.5. The summed E-state index contributed by atoms with van der Waals surface area (Å²) in [6.45, 7) is 1.96. The molecular formula is C21H23NO3. The molecule has 1 unspecified atom stereocenters. The van der Waals surface area contributed by atoms with Crippen LogP contribution in [0.15, 0.2) is 59.0 Å². The molecule has 130 valence electrons. The Balaban J connectivity index is 1.54. The second kappa shape index (κ2) is 7.99. The second-order valence-corrected chi connectivity index (χ2v) is 6.33. The monoisotopic (exact) mass is 337 g/mol. The minimum atomic E-state index is -0.274. The first kappa shape index (κ1) is 17.2. The van der Waals surface area contributed by atoms with E-state index in [0.717, 1.165) is 27.9 Å². The molecule has 0 saturated heterocycles. The van der Waals surface area contributed by atoms with Crippen molar-refractivity contribution in [2.24, 2.45) is 0 Å². The van der Waals surface area contributed by atoms with Crippen LogP contribution < -0.4 is 5.32 Å². The molecule has 4 heteroatoms. The fourth-order valence-corrected chi connectivity index (χ4v) is 2.96. The van der Waals surface area contributed by atoms with E-state index in [9.17, 15) is 9.90 Å². The lowest BCUT2D eigenvalue weighted by atomic mass is 10.0. The third kappa shape index (κ3) is 4.48. The van der Waals surface area contributed by atoms with Gasteiger partial charge in [-0.05, 0) is 36.6 Å². The van der Waals surface area contributed by atoms with Gasteiger partial charge in [-0.3, -0.25) is 4.79 Å². The zero-order chi connectivity index (χ0) is 17.6. The molecule has 0 aliphatic carbocycles. The van der Waals surface area contributed by atoms with Crippen LogP contribution in [-0.4, -0.2) is 23.7 Å². The molecule has 0 bridgehead atoms. The molecule has 1 amide bonds. The van der Waals surface area contributed by atoms with Crippen molar-refractivity contribution in [1.82, 2.24) is 5.32 Å². The topological polar surface area (TPSA) is 62.5 Å². The third-order valence-electron chi connectivity index (χ3n) is 4.39. The van der Waals surface area contributed by atoms with Crippen LogP contribution in [0.3, 0.4) is 0 Å². The molecular weight excluding hydrogens is 314 g/mol. The third-order valence-corrected chi connectivity index (χ3v) is 4.39. The minimum absolute atomic E-state index is 0.0758. The standard InChI is InChI=1S/C21H23NO3/c1-15-6-2-3-7-16(15)12-18(14-23)22-21(24)11-10-19-13-17-8-4-5-9-20(17)25-19/h2-9,13,18,23H,10-12,14H2,1H3,(H,22,24). The number of nitrogens with one attached hydrogen (secondary N) is 1. The number of hydrogen-bond donors (Lipinski definition) is 2. The number of fused-ring (bicyclic) bond motifs is 1. The van der Waals surface area contributed by atoms with E-state index in [0.29, 0.717) is 19.3 Å². The minimum Gasteiger partial charge on any atom is -0.461 e. The summed E-state index contributed by atoms with van der Waals surface area (Å²) in [5.41, 5.74) is 3.14. The lowest BCUT2D eigenvalue weighted by molar-refractivity contribution is -0.122. The average Bonchev–Trinajstić information content (AvgIpc) is 3.04. The van der Waals surface area contributed by atoms with Gasteiger partial charge in [0.1, 0.15) is 11.3 Å². The number of aryl methyl sites for hydroxylation is 2.